The van der Waals surface area contributed by atoms with Crippen molar-refractivity contribution >= 4 is 11.6 Å². The van der Waals surface area contributed by atoms with Gasteiger partial charge >= 0.3 is 0 Å². The molecule has 1 aromatic rings. The molecule has 1 N–H and O–H groups in total. The van der Waals surface area contributed by atoms with Crippen LogP contribution in [0.1, 0.15) is 19.4 Å². The van der Waals surface area contributed by atoms with E-state index < -0.39 is 0 Å². The predicted octanol–water partition coefficient (Wildman–Crippen LogP) is 3.03. The van der Waals surface area contributed by atoms with Gasteiger partial charge in [0.1, 0.15) is 5.82 Å². The molecular formula is C13H19ClFNO. The Labute approximate surface area is 107 Å². The number of nitrogens with one attached hydrogen (secondary N) is 1. The Hall–Kier alpha value is -0.640. The second-order valence-electron chi connectivity index (χ2n) is 4.60. The van der Waals surface area contributed by atoms with Gasteiger partial charge in [-0.2, -0.15) is 0 Å². The van der Waals surface area contributed by atoms with Crippen molar-refractivity contribution in [3.8, 4) is 0 Å². The first-order chi connectivity index (χ1) is 7.90. The third-order valence-electron chi connectivity index (χ3n) is 3.14. The monoisotopic (exact) mass is 259 g/mol. The molecule has 0 amide bonds. The van der Waals surface area contributed by atoms with Crippen LogP contribution < -0.4 is 5.32 Å². The average Bonchev–Trinajstić information content (AvgIpc) is 2.30. The van der Waals surface area contributed by atoms with E-state index in [-0.39, 0.29) is 22.5 Å². The van der Waals surface area contributed by atoms with Crippen molar-refractivity contribution in [1.29, 1.82) is 0 Å². The second kappa shape index (κ2) is 5.80. The zero-order chi connectivity index (χ0) is 13.1. The van der Waals surface area contributed by atoms with E-state index in [1.54, 1.807) is 19.2 Å². The quantitative estimate of drug-likeness (QED) is 0.878. The maximum absolute atomic E-state index is 13.0. The van der Waals surface area contributed by atoms with Gasteiger partial charge in [0.15, 0.2) is 0 Å². The number of ether oxygens (including phenoxy) is 1. The van der Waals surface area contributed by atoms with Crippen molar-refractivity contribution in [2.45, 2.75) is 31.9 Å². The highest BCUT2D eigenvalue weighted by Crippen LogP contribution is 2.21. The molecule has 0 fully saturated rings. The molecule has 0 spiro atoms. The van der Waals surface area contributed by atoms with E-state index in [9.17, 15) is 4.39 Å². The molecule has 1 rings (SSSR count). The Kier molecular flexibility index (Phi) is 4.92. The molecule has 2 nitrogen and oxygen atoms in total. The molecular weight excluding hydrogens is 241 g/mol. The van der Waals surface area contributed by atoms with Gasteiger partial charge in [-0.05, 0) is 45.0 Å². The molecule has 0 radical (unpaired) electrons. The van der Waals surface area contributed by atoms with Crippen molar-refractivity contribution in [2.75, 3.05) is 14.2 Å². The van der Waals surface area contributed by atoms with E-state index in [1.165, 1.54) is 6.07 Å². The topological polar surface area (TPSA) is 21.3 Å². The van der Waals surface area contributed by atoms with Crippen LogP contribution in [0.2, 0.25) is 5.02 Å². The zero-order valence-electron chi connectivity index (χ0n) is 10.7. The Morgan fingerprint density at radius 3 is 2.59 bits per heavy atom. The van der Waals surface area contributed by atoms with Crippen LogP contribution >= 0.6 is 11.6 Å². The van der Waals surface area contributed by atoms with Gasteiger partial charge in [-0.3, -0.25) is 0 Å². The van der Waals surface area contributed by atoms with Crippen molar-refractivity contribution < 1.29 is 9.13 Å². The fourth-order valence-electron chi connectivity index (χ4n) is 1.74. The summed E-state index contributed by atoms with van der Waals surface area (Å²) >= 11 is 5.76. The Balaban J connectivity index is 2.84. The molecule has 0 heterocycles. The van der Waals surface area contributed by atoms with Gasteiger partial charge < -0.3 is 10.1 Å². The van der Waals surface area contributed by atoms with Gasteiger partial charge in [0.05, 0.1) is 10.6 Å². The first-order valence-corrected chi connectivity index (χ1v) is 5.95. The van der Waals surface area contributed by atoms with Crippen molar-refractivity contribution in [3.05, 3.63) is 34.6 Å². The van der Waals surface area contributed by atoms with Crippen LogP contribution in [0.25, 0.3) is 0 Å². The molecule has 0 aliphatic carbocycles. The summed E-state index contributed by atoms with van der Waals surface area (Å²) in [6.45, 7) is 4.03. The van der Waals surface area contributed by atoms with Crippen LogP contribution in [0.4, 0.5) is 4.39 Å². The molecule has 1 atom stereocenters. The van der Waals surface area contributed by atoms with E-state index in [0.717, 1.165) is 12.0 Å². The molecule has 1 unspecified atom stereocenters. The lowest BCUT2D eigenvalue weighted by molar-refractivity contribution is -0.00797. The summed E-state index contributed by atoms with van der Waals surface area (Å²) in [5.41, 5.74) is 0.691. The summed E-state index contributed by atoms with van der Waals surface area (Å²) in [5, 5.41) is 3.37. The lowest BCUT2D eigenvalue weighted by Crippen LogP contribution is -2.48. The maximum Gasteiger partial charge on any atom is 0.141 e. The van der Waals surface area contributed by atoms with Gasteiger partial charge in [-0.15, -0.1) is 0 Å². The van der Waals surface area contributed by atoms with E-state index in [1.807, 2.05) is 20.9 Å². The third-order valence-corrected chi connectivity index (χ3v) is 3.43. The molecule has 1 aromatic carbocycles. The smallest absolute Gasteiger partial charge is 0.141 e. The van der Waals surface area contributed by atoms with E-state index in [0.29, 0.717) is 0 Å². The number of hydrogen-bond acceptors (Lipinski definition) is 2. The molecule has 0 bridgehead atoms. The lowest BCUT2D eigenvalue weighted by Gasteiger charge is -2.33. The third kappa shape index (κ3) is 3.66. The SMILES string of the molecule is CNC(Cc1ccc(F)c(Cl)c1)C(C)(C)OC. The lowest BCUT2D eigenvalue weighted by atomic mass is 9.92. The second-order valence-corrected chi connectivity index (χ2v) is 5.01. The number of methoxy groups -OCH3 is 1. The normalized spacial score (nSPS) is 13.8. The fourth-order valence-corrected chi connectivity index (χ4v) is 1.94. The van der Waals surface area contributed by atoms with Crippen LogP contribution in [0.3, 0.4) is 0 Å². The summed E-state index contributed by atoms with van der Waals surface area (Å²) in [6, 6.07) is 4.93. The van der Waals surface area contributed by atoms with Crippen molar-refractivity contribution in [3.63, 3.8) is 0 Å². The summed E-state index contributed by atoms with van der Waals surface area (Å²) in [5.74, 6) is -0.387. The summed E-state index contributed by atoms with van der Waals surface area (Å²) in [7, 11) is 3.57. The highest BCUT2D eigenvalue weighted by atomic mass is 35.5. The van der Waals surface area contributed by atoms with E-state index >= 15 is 0 Å². The van der Waals surface area contributed by atoms with Gasteiger partial charge in [-0.25, -0.2) is 4.39 Å². The van der Waals surface area contributed by atoms with Crippen LogP contribution in [0.5, 0.6) is 0 Å². The molecule has 0 saturated carbocycles. The predicted molar refractivity (Wildman–Crippen MR) is 69.0 cm³/mol. The van der Waals surface area contributed by atoms with Crippen LogP contribution in [-0.4, -0.2) is 25.8 Å². The minimum absolute atomic E-state index is 0.133. The van der Waals surface area contributed by atoms with Crippen LogP contribution in [0, 0.1) is 5.82 Å². The van der Waals surface area contributed by atoms with Crippen molar-refractivity contribution in [2.24, 2.45) is 0 Å². The first-order valence-electron chi connectivity index (χ1n) is 5.57. The summed E-state index contributed by atoms with van der Waals surface area (Å²) in [4.78, 5) is 0. The zero-order valence-corrected chi connectivity index (χ0v) is 11.4. The summed E-state index contributed by atoms with van der Waals surface area (Å²) in [6.07, 6.45) is 0.733. The fraction of sp³-hybridized carbons (Fsp3) is 0.538. The largest absolute Gasteiger partial charge is 0.377 e. The minimum atomic E-state index is -0.387. The standard InChI is InChI=1S/C13H19ClFNO/c1-13(2,17-4)12(16-3)8-9-5-6-11(15)10(14)7-9/h5-7,12,16H,8H2,1-4H3. The molecule has 0 aromatic heterocycles. The maximum atomic E-state index is 13.0. The molecule has 0 aliphatic heterocycles. The van der Waals surface area contributed by atoms with Gasteiger partial charge in [0.2, 0.25) is 0 Å². The Bertz CT molecular complexity index is 382. The number of rotatable bonds is 5. The molecule has 0 saturated heterocycles. The minimum Gasteiger partial charge on any atom is -0.377 e. The van der Waals surface area contributed by atoms with Crippen LogP contribution in [0.15, 0.2) is 18.2 Å². The van der Waals surface area contributed by atoms with Gasteiger partial charge in [0.25, 0.3) is 0 Å². The van der Waals surface area contributed by atoms with E-state index in [4.69, 9.17) is 16.3 Å². The average molecular weight is 260 g/mol. The van der Waals surface area contributed by atoms with E-state index in [2.05, 4.69) is 5.32 Å². The Morgan fingerprint density at radius 2 is 2.12 bits per heavy atom. The van der Waals surface area contributed by atoms with Crippen LogP contribution in [-0.2, 0) is 11.2 Å². The highest BCUT2D eigenvalue weighted by molar-refractivity contribution is 6.30. The Morgan fingerprint density at radius 1 is 1.47 bits per heavy atom. The number of hydrogen-bond donors (Lipinski definition) is 1. The van der Waals surface area contributed by atoms with Gasteiger partial charge in [0, 0.05) is 13.2 Å². The number of likely N-dealkylation sites (N-methyl/N-ethyl adjacent to an activating group) is 1. The van der Waals surface area contributed by atoms with Gasteiger partial charge in [-0.1, -0.05) is 17.7 Å². The number of benzene rings is 1. The molecule has 96 valence electrons. The molecule has 4 heteroatoms. The van der Waals surface area contributed by atoms with Crippen molar-refractivity contribution in [1.82, 2.24) is 5.32 Å². The highest BCUT2D eigenvalue weighted by Gasteiger charge is 2.28. The number of halogens is 2. The summed E-state index contributed by atoms with van der Waals surface area (Å²) < 4.78 is 18.5. The molecule has 0 aliphatic rings. The molecule has 17 heavy (non-hydrogen) atoms. The first kappa shape index (κ1) is 14.4.